The Morgan fingerprint density at radius 2 is 1.28 bits per heavy atom. The van der Waals surface area contributed by atoms with Gasteiger partial charge in [0.15, 0.2) is 0 Å². The van der Waals surface area contributed by atoms with E-state index in [0.29, 0.717) is 19.6 Å². The summed E-state index contributed by atoms with van der Waals surface area (Å²) in [4.78, 5) is 35.5. The maximum absolute atomic E-state index is 9.96. The molecule has 0 spiro atoms. The molecule has 0 atom stereocenters. The van der Waals surface area contributed by atoms with Crippen LogP contribution in [-0.4, -0.2) is 102 Å². The van der Waals surface area contributed by atoms with E-state index in [2.05, 4.69) is 28.3 Å². The third kappa shape index (κ3) is 22.1. The van der Waals surface area contributed by atoms with Crippen LogP contribution in [0.1, 0.15) is 0 Å². The van der Waals surface area contributed by atoms with Crippen LogP contribution >= 0.6 is 0 Å². The van der Waals surface area contributed by atoms with Gasteiger partial charge >= 0.3 is 6.16 Å². The summed E-state index contributed by atoms with van der Waals surface area (Å²) in [7, 11) is 1.00. The van der Waals surface area contributed by atoms with Gasteiger partial charge in [-0.25, -0.2) is 4.79 Å². The molecule has 0 aliphatic rings. The normalized spacial score (nSPS) is 8.28. The van der Waals surface area contributed by atoms with Crippen LogP contribution in [0.15, 0.2) is 48.8 Å². The smallest absolute Gasteiger partial charge is 0.505 e. The van der Waals surface area contributed by atoms with Crippen molar-refractivity contribution in [2.75, 3.05) is 46.6 Å². The zero-order valence-corrected chi connectivity index (χ0v) is 20.4. The van der Waals surface area contributed by atoms with Crippen molar-refractivity contribution in [1.29, 1.82) is 0 Å². The maximum atomic E-state index is 9.96. The van der Waals surface area contributed by atoms with Crippen molar-refractivity contribution >= 4 is 19.7 Å². The number of aliphatic hydroxyl groups excluding tert-OH is 3. The molecule has 0 aromatic carbocycles. The number of rotatable bonds is 8. The molecule has 181 valence electrons. The van der Waals surface area contributed by atoms with E-state index < -0.39 is 6.16 Å². The average Bonchev–Trinajstić information content (AvgIpc) is 2.84. The van der Waals surface area contributed by atoms with Crippen LogP contribution in [-0.2, 0) is 34.7 Å². The minimum Gasteiger partial charge on any atom is -0.545 e. The van der Waals surface area contributed by atoms with Crippen LogP contribution in [0.5, 0.6) is 0 Å². The summed E-state index contributed by atoms with van der Waals surface area (Å²) in [5, 5.41) is 32.3. The summed E-state index contributed by atoms with van der Waals surface area (Å²) in [5.41, 5.74) is 1.83. The van der Waals surface area contributed by atoms with Gasteiger partial charge < -0.3 is 34.8 Å². The van der Waals surface area contributed by atoms with Gasteiger partial charge in [-0.3, -0.25) is 28.4 Å². The number of carbonyl (C=O) groups excluding carboxylic acids is 2. The topological polar surface area (TPSA) is 170 Å². The third-order valence-corrected chi connectivity index (χ3v) is 3.06. The molecule has 0 unspecified atom stereocenters. The summed E-state index contributed by atoms with van der Waals surface area (Å²) < 4.78 is 4.28. The second-order valence-corrected chi connectivity index (χ2v) is 4.83. The van der Waals surface area contributed by atoms with Gasteiger partial charge in [0.2, 0.25) is 0 Å². The number of carboxylic acid groups (broad SMARTS) is 1. The van der Waals surface area contributed by atoms with Crippen molar-refractivity contribution in [3.63, 3.8) is 0 Å². The van der Waals surface area contributed by atoms with Crippen molar-refractivity contribution < 1.29 is 60.0 Å². The van der Waals surface area contributed by atoms with Gasteiger partial charge in [-0.1, -0.05) is 12.1 Å². The van der Waals surface area contributed by atoms with Gasteiger partial charge in [0, 0.05) is 59.6 Å². The van der Waals surface area contributed by atoms with E-state index in [1.807, 2.05) is 36.4 Å². The van der Waals surface area contributed by atoms with Gasteiger partial charge in [0.05, 0.1) is 24.6 Å². The molecule has 0 bridgehead atoms. The first-order valence-electron chi connectivity index (χ1n) is 8.71. The Bertz CT molecular complexity index is 581. The van der Waals surface area contributed by atoms with E-state index in [9.17, 15) is 4.79 Å². The quantitative estimate of drug-likeness (QED) is 0.179. The first-order valence-corrected chi connectivity index (χ1v) is 8.71. The second-order valence-electron chi connectivity index (χ2n) is 4.83. The van der Waals surface area contributed by atoms with Gasteiger partial charge in [-0.2, -0.15) is 0 Å². The van der Waals surface area contributed by atoms with E-state index in [0.717, 1.165) is 18.5 Å². The number of pyridine rings is 2. The Kier molecular flexibility index (Phi) is 35.2. The molecule has 0 aliphatic heterocycles. The summed E-state index contributed by atoms with van der Waals surface area (Å²) in [6.45, 7) is 7.70. The van der Waals surface area contributed by atoms with E-state index >= 15 is 0 Å². The summed E-state index contributed by atoms with van der Waals surface area (Å²) in [6.07, 6.45) is 2.22. The molecule has 0 aliphatic carbocycles. The molecule has 12 heteroatoms. The van der Waals surface area contributed by atoms with Crippen LogP contribution in [0, 0.1) is 0 Å². The van der Waals surface area contributed by atoms with Crippen LogP contribution in [0.25, 0.3) is 11.4 Å². The molecule has 2 aromatic heterocycles. The summed E-state index contributed by atoms with van der Waals surface area (Å²) in [5.74, 6) is 0. The molecule has 11 nitrogen and oxygen atoms in total. The van der Waals surface area contributed by atoms with Crippen LogP contribution in [0.4, 0.5) is 4.79 Å². The zero-order valence-electron chi connectivity index (χ0n) is 17.7. The fourth-order valence-corrected chi connectivity index (χ4v) is 1.91. The summed E-state index contributed by atoms with van der Waals surface area (Å²) >= 11 is 0. The number of nitrogens with zero attached hydrogens (tertiary/aromatic N) is 3. The van der Waals surface area contributed by atoms with Crippen LogP contribution in [0.2, 0.25) is 0 Å². The fourth-order valence-electron chi connectivity index (χ4n) is 1.91. The number of hydrogen-bond acceptors (Lipinski definition) is 10. The molecular formula is C20H29N3O8Re-2. The Hall–Kier alpha value is -2.59. The third-order valence-electron chi connectivity index (χ3n) is 3.06. The molecule has 2 rings (SSSR count). The minimum absolute atomic E-state index is 0. The monoisotopic (exact) mass is 626 g/mol. The Morgan fingerprint density at radius 3 is 1.56 bits per heavy atom. The number of hydrogen-bond donors (Lipinski definition) is 4. The van der Waals surface area contributed by atoms with Gasteiger partial charge in [-0.15, -0.1) is 0 Å². The molecule has 0 saturated heterocycles. The predicted octanol–water partition coefficient (Wildman–Crippen LogP) is 0.169. The molecule has 2 aromatic rings. The number of carbonyl (C=O) groups is 1. The second kappa shape index (κ2) is 30.6. The standard InChI is InChI=1S/C10H8N2.C7H15NO5.CH4O.2CHO.Re/c1-3-7-11-9(5-1)10-6-2-4-8-12-10;9-4-1-8(2-5-10)3-6-13-7(11)12;3*1-2;/h1-8H;9-10H,1-6H2,(H,11,12);2H,1H3;2*1H;/q;;;2*-1;. The fraction of sp³-hybridized carbons (Fsp3) is 0.350. The van der Waals surface area contributed by atoms with Gasteiger partial charge in [0.1, 0.15) is 6.61 Å². The molecule has 1 radical (unpaired) electrons. The summed E-state index contributed by atoms with van der Waals surface area (Å²) in [6, 6.07) is 11.6. The van der Waals surface area contributed by atoms with E-state index in [1.165, 1.54) is 0 Å². The van der Waals surface area contributed by atoms with Crippen molar-refractivity contribution in [2.24, 2.45) is 0 Å². The molecule has 2 heterocycles. The molecule has 32 heavy (non-hydrogen) atoms. The van der Waals surface area contributed by atoms with E-state index in [4.69, 9.17) is 30.0 Å². The van der Waals surface area contributed by atoms with Crippen molar-refractivity contribution in [2.45, 2.75) is 0 Å². The van der Waals surface area contributed by atoms with Crippen molar-refractivity contribution in [3.05, 3.63) is 48.8 Å². The number of aromatic nitrogens is 2. The van der Waals surface area contributed by atoms with E-state index in [-0.39, 0.29) is 40.2 Å². The first-order chi connectivity index (χ1) is 15.2. The molecular weight excluding hydrogens is 596 g/mol. The molecule has 0 amide bonds. The van der Waals surface area contributed by atoms with Crippen LogP contribution < -0.4 is 0 Å². The molecule has 4 N–H and O–H groups in total. The molecule has 0 fully saturated rings. The predicted molar refractivity (Wildman–Crippen MR) is 114 cm³/mol. The Balaban J connectivity index is -0.000000193. The minimum atomic E-state index is -1.31. The molecule has 0 saturated carbocycles. The zero-order chi connectivity index (χ0) is 24.3. The Labute approximate surface area is 201 Å². The SMILES string of the molecule is CO.O=C(O)OCCN(CCO)CCO.[CH-]=O.[CH-]=O.[Re].c1ccc(-c2ccccn2)nc1. The maximum Gasteiger partial charge on any atom is 0.505 e. The van der Waals surface area contributed by atoms with Crippen LogP contribution in [0.3, 0.4) is 0 Å². The van der Waals surface area contributed by atoms with Crippen molar-refractivity contribution in [1.82, 2.24) is 14.9 Å². The van der Waals surface area contributed by atoms with E-state index in [1.54, 1.807) is 17.3 Å². The number of ether oxygens (including phenoxy) is 1. The van der Waals surface area contributed by atoms with Crippen molar-refractivity contribution in [3.8, 4) is 11.4 Å². The number of aliphatic hydroxyl groups is 3. The Morgan fingerprint density at radius 1 is 0.875 bits per heavy atom. The van der Waals surface area contributed by atoms with Gasteiger partial charge in [0.25, 0.3) is 0 Å². The van der Waals surface area contributed by atoms with Gasteiger partial charge in [-0.05, 0) is 24.3 Å². The average molecular weight is 626 g/mol. The largest absolute Gasteiger partial charge is 0.545 e. The first kappa shape index (κ1) is 36.8.